The summed E-state index contributed by atoms with van der Waals surface area (Å²) in [7, 11) is 0. The van der Waals surface area contributed by atoms with Crippen LogP contribution in [0.5, 0.6) is 0 Å². The molecule has 0 spiro atoms. The van der Waals surface area contributed by atoms with Crippen molar-refractivity contribution in [2.24, 2.45) is 0 Å². The lowest BCUT2D eigenvalue weighted by atomic mass is 10.1. The molecular formula is C13H17N5O3. The quantitative estimate of drug-likeness (QED) is 0.858. The molecule has 0 aliphatic heterocycles. The van der Waals surface area contributed by atoms with Gasteiger partial charge in [-0.1, -0.05) is 0 Å². The van der Waals surface area contributed by atoms with Crippen molar-refractivity contribution in [1.82, 2.24) is 19.6 Å². The van der Waals surface area contributed by atoms with Crippen LogP contribution in [-0.2, 0) is 15.1 Å². The van der Waals surface area contributed by atoms with Crippen LogP contribution in [0.2, 0.25) is 0 Å². The number of carbonyl (C=O) groups is 2. The van der Waals surface area contributed by atoms with E-state index in [0.29, 0.717) is 5.69 Å². The van der Waals surface area contributed by atoms with E-state index in [2.05, 4.69) is 15.5 Å². The fourth-order valence-electron chi connectivity index (χ4n) is 1.67. The van der Waals surface area contributed by atoms with Crippen molar-refractivity contribution in [3.05, 3.63) is 30.9 Å². The van der Waals surface area contributed by atoms with Gasteiger partial charge in [0.2, 0.25) is 5.91 Å². The van der Waals surface area contributed by atoms with Gasteiger partial charge in [0.25, 0.3) is 0 Å². The maximum Gasteiger partial charge on any atom is 0.331 e. The lowest BCUT2D eigenvalue weighted by Gasteiger charge is -2.19. The van der Waals surface area contributed by atoms with Gasteiger partial charge in [0.05, 0.1) is 11.9 Å². The molecule has 0 radical (unpaired) electrons. The zero-order chi connectivity index (χ0) is 15.6. The maximum atomic E-state index is 12.1. The Morgan fingerprint density at radius 2 is 2.10 bits per heavy atom. The molecule has 112 valence electrons. The fraction of sp³-hybridized carbons (Fsp3) is 0.385. The lowest BCUT2D eigenvalue weighted by molar-refractivity contribution is -0.146. The first-order chi connectivity index (χ1) is 9.82. The zero-order valence-electron chi connectivity index (χ0n) is 12.0. The van der Waals surface area contributed by atoms with E-state index in [1.807, 2.05) is 0 Å². The summed E-state index contributed by atoms with van der Waals surface area (Å²) >= 11 is 0. The van der Waals surface area contributed by atoms with Crippen LogP contribution in [0.15, 0.2) is 30.9 Å². The number of hydrogen-bond acceptors (Lipinski definition) is 4. The maximum absolute atomic E-state index is 12.1. The van der Waals surface area contributed by atoms with E-state index in [1.165, 1.54) is 35.6 Å². The molecule has 2 N–H and O–H groups in total. The standard InChI is InChI=1S/C13H17N5O3/c1-9(17-6-4-5-14-17)11(19)16-10-7-15-18(8-10)13(2,3)12(20)21/h4-9H,1-3H3,(H,16,19)(H,20,21). The summed E-state index contributed by atoms with van der Waals surface area (Å²) in [4.78, 5) is 23.2. The molecule has 2 rings (SSSR count). The summed E-state index contributed by atoms with van der Waals surface area (Å²) in [5.41, 5.74) is -0.746. The van der Waals surface area contributed by atoms with Crippen LogP contribution in [0.1, 0.15) is 26.8 Å². The van der Waals surface area contributed by atoms with Gasteiger partial charge in [-0.05, 0) is 26.8 Å². The Bertz CT molecular complexity index is 645. The Morgan fingerprint density at radius 1 is 1.38 bits per heavy atom. The number of amides is 1. The predicted octanol–water partition coefficient (Wildman–Crippen LogP) is 1.10. The van der Waals surface area contributed by atoms with Crippen molar-refractivity contribution in [3.63, 3.8) is 0 Å². The van der Waals surface area contributed by atoms with Crippen molar-refractivity contribution in [2.75, 3.05) is 5.32 Å². The number of anilines is 1. The molecule has 0 saturated carbocycles. The van der Waals surface area contributed by atoms with Crippen molar-refractivity contribution in [1.29, 1.82) is 0 Å². The van der Waals surface area contributed by atoms with Crippen molar-refractivity contribution in [3.8, 4) is 0 Å². The van der Waals surface area contributed by atoms with Crippen LogP contribution < -0.4 is 5.32 Å². The second-order valence-electron chi connectivity index (χ2n) is 5.19. The van der Waals surface area contributed by atoms with E-state index >= 15 is 0 Å². The van der Waals surface area contributed by atoms with Gasteiger partial charge in [-0.25, -0.2) is 4.79 Å². The summed E-state index contributed by atoms with van der Waals surface area (Å²) in [6.45, 7) is 4.77. The average Bonchev–Trinajstić information content (AvgIpc) is 3.08. The molecule has 8 heteroatoms. The van der Waals surface area contributed by atoms with Gasteiger partial charge in [0, 0.05) is 18.6 Å². The van der Waals surface area contributed by atoms with Crippen LogP contribution in [0.25, 0.3) is 0 Å². The van der Waals surface area contributed by atoms with Gasteiger partial charge in [0.1, 0.15) is 6.04 Å². The molecule has 21 heavy (non-hydrogen) atoms. The van der Waals surface area contributed by atoms with Crippen LogP contribution in [0, 0.1) is 0 Å². The third-order valence-electron chi connectivity index (χ3n) is 3.25. The summed E-state index contributed by atoms with van der Waals surface area (Å²) in [5.74, 6) is -1.26. The molecule has 0 aliphatic rings. The highest BCUT2D eigenvalue weighted by Crippen LogP contribution is 2.18. The van der Waals surface area contributed by atoms with E-state index in [1.54, 1.807) is 25.4 Å². The molecular weight excluding hydrogens is 274 g/mol. The summed E-state index contributed by atoms with van der Waals surface area (Å²) in [6, 6.07) is 1.26. The van der Waals surface area contributed by atoms with Gasteiger partial charge in [0.15, 0.2) is 5.54 Å². The number of carboxylic acid groups (broad SMARTS) is 1. The SMILES string of the molecule is CC(C(=O)Nc1cnn(C(C)(C)C(=O)O)c1)n1cccn1. The van der Waals surface area contributed by atoms with Crippen molar-refractivity contribution in [2.45, 2.75) is 32.4 Å². The molecule has 8 nitrogen and oxygen atoms in total. The number of carboxylic acids is 1. The minimum atomic E-state index is -1.18. The molecule has 2 aromatic heterocycles. The normalized spacial score (nSPS) is 12.9. The van der Waals surface area contributed by atoms with Crippen molar-refractivity contribution < 1.29 is 14.7 Å². The first-order valence-corrected chi connectivity index (χ1v) is 6.41. The molecule has 0 saturated heterocycles. The van der Waals surface area contributed by atoms with E-state index in [4.69, 9.17) is 5.11 Å². The molecule has 0 bridgehead atoms. The lowest BCUT2D eigenvalue weighted by Crippen LogP contribution is -2.36. The minimum Gasteiger partial charge on any atom is -0.479 e. The summed E-state index contributed by atoms with van der Waals surface area (Å²) in [6.07, 6.45) is 6.19. The Kier molecular flexibility index (Phi) is 3.79. The highest BCUT2D eigenvalue weighted by atomic mass is 16.4. The zero-order valence-corrected chi connectivity index (χ0v) is 12.0. The van der Waals surface area contributed by atoms with Gasteiger partial charge in [-0.15, -0.1) is 0 Å². The molecule has 1 atom stereocenters. The molecule has 2 heterocycles. The number of aromatic nitrogens is 4. The second kappa shape index (κ2) is 5.39. The monoisotopic (exact) mass is 291 g/mol. The second-order valence-corrected chi connectivity index (χ2v) is 5.19. The third-order valence-corrected chi connectivity index (χ3v) is 3.25. The average molecular weight is 291 g/mol. The minimum absolute atomic E-state index is 0.258. The van der Waals surface area contributed by atoms with E-state index < -0.39 is 17.6 Å². The fourth-order valence-corrected chi connectivity index (χ4v) is 1.67. The number of nitrogens with zero attached hydrogens (tertiary/aromatic N) is 4. The van der Waals surface area contributed by atoms with Crippen LogP contribution in [0.4, 0.5) is 5.69 Å². The number of aliphatic carboxylic acids is 1. The van der Waals surface area contributed by atoms with E-state index in [9.17, 15) is 9.59 Å². The molecule has 2 aromatic rings. The summed E-state index contributed by atoms with van der Waals surface area (Å²) in [5, 5.41) is 19.8. The molecule has 1 unspecified atom stereocenters. The number of nitrogens with one attached hydrogen (secondary N) is 1. The van der Waals surface area contributed by atoms with Crippen LogP contribution >= 0.6 is 0 Å². The molecule has 0 aromatic carbocycles. The van der Waals surface area contributed by atoms with Crippen LogP contribution in [0.3, 0.4) is 0 Å². The molecule has 0 aliphatic carbocycles. The molecule has 1 amide bonds. The first-order valence-electron chi connectivity index (χ1n) is 6.41. The van der Waals surface area contributed by atoms with E-state index in [-0.39, 0.29) is 5.91 Å². The Labute approximate surface area is 121 Å². The predicted molar refractivity (Wildman–Crippen MR) is 74.8 cm³/mol. The van der Waals surface area contributed by atoms with Crippen LogP contribution in [-0.4, -0.2) is 36.5 Å². The Morgan fingerprint density at radius 3 is 2.67 bits per heavy atom. The Balaban J connectivity index is 2.09. The highest BCUT2D eigenvalue weighted by Gasteiger charge is 2.30. The summed E-state index contributed by atoms with van der Waals surface area (Å²) < 4.78 is 2.82. The number of hydrogen-bond donors (Lipinski definition) is 2. The third kappa shape index (κ3) is 2.93. The number of rotatable bonds is 5. The van der Waals surface area contributed by atoms with Gasteiger partial charge in [-0.3, -0.25) is 14.2 Å². The highest BCUT2D eigenvalue weighted by molar-refractivity contribution is 5.93. The van der Waals surface area contributed by atoms with Gasteiger partial charge in [-0.2, -0.15) is 10.2 Å². The largest absolute Gasteiger partial charge is 0.479 e. The Hall–Kier alpha value is -2.64. The van der Waals surface area contributed by atoms with Crippen molar-refractivity contribution >= 4 is 17.6 Å². The van der Waals surface area contributed by atoms with Gasteiger partial charge >= 0.3 is 5.97 Å². The number of carbonyl (C=O) groups excluding carboxylic acids is 1. The van der Waals surface area contributed by atoms with Gasteiger partial charge < -0.3 is 10.4 Å². The topological polar surface area (TPSA) is 102 Å². The first kappa shape index (κ1) is 14.8. The molecule has 0 fully saturated rings. The smallest absolute Gasteiger partial charge is 0.331 e. The van der Waals surface area contributed by atoms with E-state index in [0.717, 1.165) is 0 Å².